The molecule has 0 aromatic heterocycles. The van der Waals surface area contributed by atoms with Crippen molar-refractivity contribution < 1.29 is 30.7 Å². The predicted molar refractivity (Wildman–Crippen MR) is 204 cm³/mol. The van der Waals surface area contributed by atoms with E-state index in [1.807, 2.05) is 12.2 Å². The van der Waals surface area contributed by atoms with Gasteiger partial charge in [-0.05, 0) is 91.7 Å². The number of halogens is 5. The van der Waals surface area contributed by atoms with Crippen LogP contribution >= 0.6 is 34.8 Å². The number of nitrogens with zero attached hydrogens (tertiary/aromatic N) is 1. The van der Waals surface area contributed by atoms with Gasteiger partial charge in [0.05, 0.1) is 0 Å². The number of hydrogen-bond donors (Lipinski definition) is 2. The summed E-state index contributed by atoms with van der Waals surface area (Å²) in [5, 5.41) is 10.6. The van der Waals surface area contributed by atoms with Crippen LogP contribution in [0.15, 0.2) is 142 Å². The summed E-state index contributed by atoms with van der Waals surface area (Å²) in [4.78, 5) is -0.412. The molecule has 2 atom stereocenters. The van der Waals surface area contributed by atoms with Crippen LogP contribution in [-0.2, 0) is 26.6 Å². The molecule has 0 fully saturated rings. The van der Waals surface area contributed by atoms with Crippen LogP contribution in [0.4, 0.5) is 8.78 Å². The summed E-state index contributed by atoms with van der Waals surface area (Å²) in [5.41, 5.74) is 3.49. The fourth-order valence-corrected chi connectivity index (χ4v) is 6.78. The molecule has 2 aliphatic rings. The van der Waals surface area contributed by atoms with Gasteiger partial charge in [0.25, 0.3) is 0 Å². The fourth-order valence-electron chi connectivity index (χ4n) is 4.11. The lowest BCUT2D eigenvalue weighted by atomic mass is 9.97. The Morgan fingerprint density at radius 3 is 2.16 bits per heavy atom. The summed E-state index contributed by atoms with van der Waals surface area (Å²) in [6, 6.07) is 5.40. The van der Waals surface area contributed by atoms with Gasteiger partial charge in [-0.25, -0.2) is 30.3 Å². The van der Waals surface area contributed by atoms with E-state index in [1.165, 1.54) is 42.8 Å². The lowest BCUT2D eigenvalue weighted by Gasteiger charge is -2.25. The Balaban J connectivity index is 0.000000683. The third-order valence-corrected chi connectivity index (χ3v) is 10.6. The van der Waals surface area contributed by atoms with E-state index < -0.39 is 36.5 Å². The van der Waals surface area contributed by atoms with Crippen LogP contribution in [0.1, 0.15) is 38.7 Å². The van der Waals surface area contributed by atoms with E-state index in [0.717, 1.165) is 34.8 Å². The minimum Gasteiger partial charge on any atom is -0.507 e. The molecule has 0 saturated carbocycles. The highest BCUT2D eigenvalue weighted by Gasteiger charge is 2.29. The van der Waals surface area contributed by atoms with Crippen molar-refractivity contribution in [1.29, 1.82) is 0 Å². The molecule has 0 amide bonds. The Labute approximate surface area is 310 Å². The van der Waals surface area contributed by atoms with Crippen LogP contribution < -0.4 is 4.72 Å². The number of hydrogen-bond acceptors (Lipinski definition) is 5. The molecule has 0 aliphatic heterocycles. The lowest BCUT2D eigenvalue weighted by Crippen LogP contribution is -2.34. The van der Waals surface area contributed by atoms with E-state index in [1.54, 1.807) is 24.3 Å². The molecule has 50 heavy (non-hydrogen) atoms. The first-order valence-corrected chi connectivity index (χ1v) is 19.4. The molecule has 274 valence electrons. The highest BCUT2D eigenvalue weighted by Crippen LogP contribution is 2.25. The average molecular weight is 792 g/mol. The Hall–Kier alpha value is -3.03. The molecule has 2 aliphatic carbocycles. The smallest absolute Gasteiger partial charge is 0.247 e. The van der Waals surface area contributed by atoms with Gasteiger partial charge >= 0.3 is 0 Å². The van der Waals surface area contributed by atoms with Gasteiger partial charge in [0.2, 0.25) is 20.0 Å². The maximum atomic E-state index is 13.4. The van der Waals surface area contributed by atoms with E-state index >= 15 is 0 Å². The molecule has 14 heteroatoms. The monoisotopic (exact) mass is 790 g/mol. The minimum atomic E-state index is -4.25. The quantitative estimate of drug-likeness (QED) is 0.153. The Kier molecular flexibility index (Phi) is 20.4. The first-order chi connectivity index (χ1) is 23.5. The zero-order chi connectivity index (χ0) is 37.9. The molecule has 0 saturated heterocycles. The summed E-state index contributed by atoms with van der Waals surface area (Å²) in [5.74, 6) is -0.684. The van der Waals surface area contributed by atoms with Gasteiger partial charge in [0, 0.05) is 40.6 Å². The van der Waals surface area contributed by atoms with Crippen molar-refractivity contribution >= 4 is 54.8 Å². The van der Waals surface area contributed by atoms with Gasteiger partial charge in [-0.3, -0.25) is 0 Å². The van der Waals surface area contributed by atoms with E-state index in [-0.39, 0.29) is 36.3 Å². The van der Waals surface area contributed by atoms with Crippen molar-refractivity contribution in [1.82, 2.24) is 9.03 Å². The average Bonchev–Trinajstić information content (AvgIpc) is 3.26. The number of aliphatic hydroxyl groups excluding tert-OH is 1. The first-order valence-electron chi connectivity index (χ1n) is 15.2. The number of benzene rings is 1. The SMILES string of the molecule is C=C(Cl)/C=C/Cl.C=C/C(O)=C(\C=C\Cl)S(=O)(=O)N(CC1=CCC(CNS(=O)(=O)C(=C)C)C=C1)Cc1ccc(F)cc1.CC1C=CC(F)=CCC1. The Morgan fingerprint density at radius 2 is 1.66 bits per heavy atom. The molecule has 1 aromatic carbocycles. The largest absolute Gasteiger partial charge is 0.507 e. The topological polar surface area (TPSA) is 104 Å². The molecule has 2 unspecified atom stereocenters. The molecule has 0 heterocycles. The van der Waals surface area contributed by atoms with Gasteiger partial charge in [-0.15, -0.1) is 0 Å². The molecule has 3 rings (SSSR count). The predicted octanol–water partition coefficient (Wildman–Crippen LogP) is 9.94. The van der Waals surface area contributed by atoms with Crippen molar-refractivity contribution in [3.8, 4) is 0 Å². The maximum absolute atomic E-state index is 13.4. The lowest BCUT2D eigenvalue weighted by molar-refractivity contribution is 0.418. The van der Waals surface area contributed by atoms with Crippen LogP contribution in [0.3, 0.4) is 0 Å². The highest BCUT2D eigenvalue weighted by atomic mass is 35.5. The van der Waals surface area contributed by atoms with Gasteiger partial charge in [-0.1, -0.05) is 97.9 Å². The fraction of sp³-hybridized carbons (Fsp3) is 0.278. The number of allylic oxidation sites excluding steroid dienone is 10. The second-order valence-corrected chi connectivity index (χ2v) is 16.0. The van der Waals surface area contributed by atoms with Gasteiger partial charge in [-0.2, -0.15) is 4.31 Å². The molecule has 0 bridgehead atoms. The van der Waals surface area contributed by atoms with Crippen LogP contribution in [0.2, 0.25) is 0 Å². The van der Waals surface area contributed by atoms with Crippen molar-refractivity contribution in [2.24, 2.45) is 11.8 Å². The molecule has 0 spiro atoms. The standard InChI is InChI=1S/C24H28ClFN2O5S2.C8H11F.C4H4Cl2/c1-4-23(29)24(13-14-25)35(32,33)28(17-21-9-11-22(26)12-10-21)16-20-7-5-19(6-8-20)15-27-34(30,31)18(2)3;1-7-3-2-4-8(9)6-5-7;1-4(6)2-3-5/h4-5,7-14,19,27,29H,1-2,6,15-17H2,3H3;4-7H,2-3H2,1H3;2-3H,1H2/b14-13+,24-23-;;3-2+. The Bertz CT molecular complexity index is 1760. The van der Waals surface area contributed by atoms with Crippen LogP contribution in [-0.4, -0.2) is 39.3 Å². The number of rotatable bonds is 13. The summed E-state index contributed by atoms with van der Waals surface area (Å²) in [6.07, 6.45) is 16.4. The first kappa shape index (κ1) is 45.0. The summed E-state index contributed by atoms with van der Waals surface area (Å²) < 4.78 is 80.0. The zero-order valence-corrected chi connectivity index (χ0v) is 31.8. The van der Waals surface area contributed by atoms with E-state index in [9.17, 15) is 30.7 Å². The molecule has 2 N–H and O–H groups in total. The van der Waals surface area contributed by atoms with Crippen molar-refractivity contribution in [3.05, 3.63) is 153 Å². The molecular weight excluding hydrogens is 749 g/mol. The molecule has 0 radical (unpaired) electrons. The Morgan fingerprint density at radius 1 is 1.02 bits per heavy atom. The van der Waals surface area contributed by atoms with Crippen molar-refractivity contribution in [2.45, 2.75) is 39.7 Å². The van der Waals surface area contributed by atoms with Crippen LogP contribution in [0.5, 0.6) is 0 Å². The summed E-state index contributed by atoms with van der Waals surface area (Å²) >= 11 is 15.9. The third-order valence-electron chi connectivity index (χ3n) is 6.96. The summed E-state index contributed by atoms with van der Waals surface area (Å²) in [6.45, 7) is 13.7. The number of nitrogens with one attached hydrogen (secondary N) is 1. The minimum absolute atomic E-state index is 0.0211. The second-order valence-electron chi connectivity index (χ2n) is 11.1. The molecule has 1 aromatic rings. The summed E-state index contributed by atoms with van der Waals surface area (Å²) in [7, 11) is -7.83. The van der Waals surface area contributed by atoms with Gasteiger partial charge < -0.3 is 5.11 Å². The molecular formula is C36H43Cl3F2N2O5S2. The third kappa shape index (κ3) is 16.8. The van der Waals surface area contributed by atoms with Crippen LogP contribution in [0, 0.1) is 17.7 Å². The second kappa shape index (κ2) is 22.7. The van der Waals surface area contributed by atoms with Gasteiger partial charge in [0.15, 0.2) is 0 Å². The molecule has 7 nitrogen and oxygen atoms in total. The normalized spacial score (nSPS) is 18.2. The van der Waals surface area contributed by atoms with Crippen molar-refractivity contribution in [2.75, 3.05) is 13.1 Å². The number of aliphatic hydroxyl groups is 1. The number of sulfonamides is 2. The zero-order valence-electron chi connectivity index (χ0n) is 27.9. The van der Waals surface area contributed by atoms with Crippen LogP contribution in [0.25, 0.3) is 0 Å². The highest BCUT2D eigenvalue weighted by molar-refractivity contribution is 7.93. The van der Waals surface area contributed by atoms with E-state index in [2.05, 4.69) is 31.4 Å². The van der Waals surface area contributed by atoms with Crippen molar-refractivity contribution in [3.63, 3.8) is 0 Å². The van der Waals surface area contributed by atoms with Gasteiger partial charge in [0.1, 0.15) is 22.3 Å². The van der Waals surface area contributed by atoms with E-state index in [0.29, 0.717) is 28.5 Å². The maximum Gasteiger partial charge on any atom is 0.247 e. The van der Waals surface area contributed by atoms with E-state index in [4.69, 9.17) is 34.8 Å².